The number of nitrogens with zero attached hydrogens (tertiary/aromatic N) is 3. The number of hydrogen-bond donors (Lipinski definition) is 0. The molecule has 0 fully saturated rings. The zero-order valence-corrected chi connectivity index (χ0v) is 13.1. The SMILES string of the molecule is CC(OC(=O)c1cn(-c2ccccc2)nn1)c1ccc(Cl)cc1. The first-order chi connectivity index (χ1) is 11.1. The smallest absolute Gasteiger partial charge is 0.361 e. The van der Waals surface area contributed by atoms with Crippen LogP contribution in [0.25, 0.3) is 5.69 Å². The van der Waals surface area contributed by atoms with Gasteiger partial charge in [-0.3, -0.25) is 0 Å². The van der Waals surface area contributed by atoms with Crippen molar-refractivity contribution in [2.45, 2.75) is 13.0 Å². The van der Waals surface area contributed by atoms with Gasteiger partial charge in [0.25, 0.3) is 0 Å². The van der Waals surface area contributed by atoms with Crippen LogP contribution in [-0.2, 0) is 4.74 Å². The first-order valence-corrected chi connectivity index (χ1v) is 7.45. The van der Waals surface area contributed by atoms with Crippen LogP contribution in [0.4, 0.5) is 0 Å². The molecule has 0 spiro atoms. The van der Waals surface area contributed by atoms with Crippen molar-refractivity contribution in [1.82, 2.24) is 15.0 Å². The van der Waals surface area contributed by atoms with Gasteiger partial charge in [0.1, 0.15) is 6.10 Å². The van der Waals surface area contributed by atoms with E-state index in [1.165, 1.54) is 4.68 Å². The van der Waals surface area contributed by atoms with Crippen molar-refractivity contribution in [3.8, 4) is 5.69 Å². The van der Waals surface area contributed by atoms with Crippen LogP contribution in [-0.4, -0.2) is 21.0 Å². The van der Waals surface area contributed by atoms with E-state index in [-0.39, 0.29) is 5.69 Å². The van der Waals surface area contributed by atoms with E-state index in [0.717, 1.165) is 11.3 Å². The van der Waals surface area contributed by atoms with Gasteiger partial charge in [-0.2, -0.15) is 0 Å². The van der Waals surface area contributed by atoms with Crippen LogP contribution in [0.3, 0.4) is 0 Å². The Hall–Kier alpha value is -2.66. The van der Waals surface area contributed by atoms with Gasteiger partial charge in [-0.25, -0.2) is 9.48 Å². The first kappa shape index (κ1) is 15.2. The number of esters is 1. The van der Waals surface area contributed by atoms with Crippen LogP contribution in [0.1, 0.15) is 29.1 Å². The molecule has 1 aromatic heterocycles. The van der Waals surface area contributed by atoms with Crippen molar-refractivity contribution in [3.05, 3.63) is 77.1 Å². The first-order valence-electron chi connectivity index (χ1n) is 7.08. The molecule has 23 heavy (non-hydrogen) atoms. The molecule has 0 bridgehead atoms. The summed E-state index contributed by atoms with van der Waals surface area (Å²) in [7, 11) is 0. The van der Waals surface area contributed by atoms with Gasteiger partial charge in [0, 0.05) is 5.02 Å². The van der Waals surface area contributed by atoms with Gasteiger partial charge in [0.05, 0.1) is 11.9 Å². The van der Waals surface area contributed by atoms with Crippen molar-refractivity contribution in [3.63, 3.8) is 0 Å². The number of ether oxygens (including phenoxy) is 1. The molecule has 0 aliphatic rings. The molecule has 0 aliphatic carbocycles. The third kappa shape index (κ3) is 3.57. The van der Waals surface area contributed by atoms with Crippen molar-refractivity contribution in [2.24, 2.45) is 0 Å². The van der Waals surface area contributed by atoms with E-state index in [2.05, 4.69) is 10.3 Å². The minimum Gasteiger partial charge on any atom is -0.453 e. The van der Waals surface area contributed by atoms with Crippen molar-refractivity contribution < 1.29 is 9.53 Å². The number of hydrogen-bond acceptors (Lipinski definition) is 4. The highest BCUT2D eigenvalue weighted by molar-refractivity contribution is 6.30. The van der Waals surface area contributed by atoms with Crippen LogP contribution in [0.15, 0.2) is 60.8 Å². The number of halogens is 1. The van der Waals surface area contributed by atoms with E-state index < -0.39 is 12.1 Å². The van der Waals surface area contributed by atoms with Gasteiger partial charge in [-0.15, -0.1) is 5.10 Å². The Balaban J connectivity index is 1.71. The van der Waals surface area contributed by atoms with Gasteiger partial charge in [0.15, 0.2) is 5.69 Å². The number of para-hydroxylation sites is 1. The van der Waals surface area contributed by atoms with Gasteiger partial charge in [-0.1, -0.05) is 47.1 Å². The molecule has 1 heterocycles. The molecule has 0 aliphatic heterocycles. The van der Waals surface area contributed by atoms with Gasteiger partial charge < -0.3 is 4.74 Å². The number of benzene rings is 2. The Kier molecular flexibility index (Phi) is 4.39. The summed E-state index contributed by atoms with van der Waals surface area (Å²) >= 11 is 5.85. The topological polar surface area (TPSA) is 57.0 Å². The summed E-state index contributed by atoms with van der Waals surface area (Å²) < 4.78 is 6.94. The van der Waals surface area contributed by atoms with Crippen molar-refractivity contribution >= 4 is 17.6 Å². The predicted octanol–water partition coefficient (Wildman–Crippen LogP) is 3.84. The van der Waals surface area contributed by atoms with E-state index in [1.54, 1.807) is 25.3 Å². The highest BCUT2D eigenvalue weighted by Crippen LogP contribution is 2.20. The molecule has 3 rings (SSSR count). The lowest BCUT2D eigenvalue weighted by Gasteiger charge is -2.12. The average Bonchev–Trinajstić information content (AvgIpc) is 3.06. The maximum atomic E-state index is 12.2. The Morgan fingerprint density at radius 3 is 2.52 bits per heavy atom. The lowest BCUT2D eigenvalue weighted by atomic mass is 10.1. The number of aromatic nitrogens is 3. The standard InChI is InChI=1S/C17H14ClN3O2/c1-12(13-7-9-14(18)10-8-13)23-17(22)16-11-21(20-19-16)15-5-3-2-4-6-15/h2-12H,1H3. The Labute approximate surface area is 138 Å². The third-order valence-corrected chi connectivity index (χ3v) is 3.60. The van der Waals surface area contributed by atoms with Crippen molar-refractivity contribution in [2.75, 3.05) is 0 Å². The Bertz CT molecular complexity index is 800. The summed E-state index contributed by atoms with van der Waals surface area (Å²) in [4.78, 5) is 12.2. The maximum Gasteiger partial charge on any atom is 0.361 e. The molecule has 0 radical (unpaired) electrons. The molecule has 0 amide bonds. The highest BCUT2D eigenvalue weighted by atomic mass is 35.5. The number of carbonyl (C=O) groups is 1. The molecule has 0 N–H and O–H groups in total. The van der Waals surface area contributed by atoms with Gasteiger partial charge in [-0.05, 0) is 36.8 Å². The second kappa shape index (κ2) is 6.62. The number of carbonyl (C=O) groups excluding carboxylic acids is 1. The largest absolute Gasteiger partial charge is 0.453 e. The van der Waals surface area contributed by atoms with Crippen LogP contribution >= 0.6 is 11.6 Å². The molecular weight excluding hydrogens is 314 g/mol. The predicted molar refractivity (Wildman–Crippen MR) is 86.6 cm³/mol. The van der Waals surface area contributed by atoms with Gasteiger partial charge in [0.2, 0.25) is 0 Å². The molecule has 3 aromatic rings. The van der Waals surface area contributed by atoms with Crippen molar-refractivity contribution in [1.29, 1.82) is 0 Å². The summed E-state index contributed by atoms with van der Waals surface area (Å²) in [5.41, 5.74) is 1.85. The Morgan fingerprint density at radius 1 is 1.13 bits per heavy atom. The molecule has 0 saturated carbocycles. The van der Waals surface area contributed by atoms with E-state index in [9.17, 15) is 4.79 Å². The summed E-state index contributed by atoms with van der Waals surface area (Å²) in [6.07, 6.45) is 1.15. The normalized spacial score (nSPS) is 11.9. The van der Waals surface area contributed by atoms with E-state index in [4.69, 9.17) is 16.3 Å². The Morgan fingerprint density at radius 2 is 1.83 bits per heavy atom. The monoisotopic (exact) mass is 327 g/mol. The van der Waals surface area contributed by atoms with Crippen LogP contribution < -0.4 is 0 Å². The lowest BCUT2D eigenvalue weighted by molar-refractivity contribution is 0.0330. The highest BCUT2D eigenvalue weighted by Gasteiger charge is 2.17. The second-order valence-electron chi connectivity index (χ2n) is 4.98. The third-order valence-electron chi connectivity index (χ3n) is 3.35. The summed E-state index contributed by atoms with van der Waals surface area (Å²) in [5.74, 6) is -0.519. The van der Waals surface area contributed by atoms with Gasteiger partial charge >= 0.3 is 5.97 Å². The molecular formula is C17H14ClN3O2. The van der Waals surface area contributed by atoms with E-state index in [0.29, 0.717) is 5.02 Å². The molecule has 6 heteroatoms. The molecule has 5 nitrogen and oxygen atoms in total. The molecule has 2 aromatic carbocycles. The van der Waals surface area contributed by atoms with Crippen LogP contribution in [0.5, 0.6) is 0 Å². The maximum absolute atomic E-state index is 12.2. The fourth-order valence-electron chi connectivity index (χ4n) is 2.09. The molecule has 1 unspecified atom stereocenters. The summed E-state index contributed by atoms with van der Waals surface area (Å²) in [5, 5.41) is 8.46. The number of rotatable bonds is 4. The lowest BCUT2D eigenvalue weighted by Crippen LogP contribution is -2.09. The summed E-state index contributed by atoms with van der Waals surface area (Å²) in [6.45, 7) is 1.79. The summed E-state index contributed by atoms with van der Waals surface area (Å²) in [6, 6.07) is 16.6. The zero-order valence-electron chi connectivity index (χ0n) is 12.4. The fraction of sp³-hybridized carbons (Fsp3) is 0.118. The minimum absolute atomic E-state index is 0.162. The van der Waals surface area contributed by atoms with E-state index in [1.807, 2.05) is 42.5 Å². The second-order valence-corrected chi connectivity index (χ2v) is 5.42. The quantitative estimate of drug-likeness (QED) is 0.683. The zero-order chi connectivity index (χ0) is 16.2. The minimum atomic E-state index is -0.519. The van der Waals surface area contributed by atoms with Crippen LogP contribution in [0.2, 0.25) is 5.02 Å². The molecule has 1 atom stereocenters. The molecule has 0 saturated heterocycles. The van der Waals surface area contributed by atoms with Crippen LogP contribution in [0, 0.1) is 0 Å². The fourth-order valence-corrected chi connectivity index (χ4v) is 2.21. The van der Waals surface area contributed by atoms with E-state index >= 15 is 0 Å². The average molecular weight is 328 g/mol. The molecule has 116 valence electrons.